The van der Waals surface area contributed by atoms with Crippen LogP contribution in [0.4, 0.5) is 0 Å². The van der Waals surface area contributed by atoms with E-state index in [9.17, 15) is 9.59 Å². The predicted octanol–water partition coefficient (Wildman–Crippen LogP) is 3.39. The fourth-order valence-corrected chi connectivity index (χ4v) is 2.00. The molecule has 2 rings (SSSR count). The van der Waals surface area contributed by atoms with E-state index in [4.69, 9.17) is 10.00 Å². The number of rotatable bonds is 5. The molecule has 0 heterocycles. The molecule has 0 radical (unpaired) electrons. The van der Waals surface area contributed by atoms with Gasteiger partial charge in [-0.1, -0.05) is 54.6 Å². The van der Waals surface area contributed by atoms with Crippen molar-refractivity contribution in [3.05, 3.63) is 76.9 Å². The smallest absolute Gasteiger partial charge is 0.348 e. The topological polar surface area (TPSA) is 67.2 Å². The van der Waals surface area contributed by atoms with E-state index >= 15 is 0 Å². The van der Waals surface area contributed by atoms with Crippen molar-refractivity contribution in [3.8, 4) is 6.07 Å². The van der Waals surface area contributed by atoms with E-state index in [0.717, 1.165) is 0 Å². The lowest BCUT2D eigenvalue weighted by Crippen LogP contribution is -2.06. The quantitative estimate of drug-likeness (QED) is 0.367. The molecule has 0 saturated heterocycles. The first-order valence-electron chi connectivity index (χ1n) is 7.14. The zero-order valence-electron chi connectivity index (χ0n) is 12.7. The molecular formula is C19H15NO3. The number of carbonyl (C=O) groups is 2. The Morgan fingerprint density at radius 2 is 1.65 bits per heavy atom. The Balaban J connectivity index is 2.21. The maximum absolute atomic E-state index is 12.3. The number of esters is 1. The van der Waals surface area contributed by atoms with Crippen LogP contribution in [0.15, 0.2) is 60.2 Å². The first-order chi connectivity index (χ1) is 11.2. The van der Waals surface area contributed by atoms with Crippen LogP contribution in [-0.4, -0.2) is 18.4 Å². The lowest BCUT2D eigenvalue weighted by Gasteiger charge is -2.03. The Morgan fingerprint density at radius 3 is 2.22 bits per heavy atom. The van der Waals surface area contributed by atoms with Crippen LogP contribution in [0.1, 0.15) is 28.4 Å². The summed E-state index contributed by atoms with van der Waals surface area (Å²) in [7, 11) is 0. The summed E-state index contributed by atoms with van der Waals surface area (Å²) in [5.41, 5.74) is 1.73. The van der Waals surface area contributed by atoms with Crippen LogP contribution in [0.2, 0.25) is 0 Å². The van der Waals surface area contributed by atoms with Gasteiger partial charge in [0, 0.05) is 11.1 Å². The molecule has 0 aliphatic rings. The lowest BCUT2D eigenvalue weighted by molar-refractivity contribution is -0.137. The molecule has 23 heavy (non-hydrogen) atoms. The van der Waals surface area contributed by atoms with Crippen molar-refractivity contribution in [2.24, 2.45) is 0 Å². The first-order valence-corrected chi connectivity index (χ1v) is 7.14. The molecule has 0 N–H and O–H groups in total. The van der Waals surface area contributed by atoms with Crippen molar-refractivity contribution < 1.29 is 14.3 Å². The molecular weight excluding hydrogens is 290 g/mol. The predicted molar refractivity (Wildman–Crippen MR) is 86.5 cm³/mol. The van der Waals surface area contributed by atoms with Crippen molar-refractivity contribution in [2.75, 3.05) is 6.61 Å². The van der Waals surface area contributed by atoms with E-state index in [2.05, 4.69) is 0 Å². The summed E-state index contributed by atoms with van der Waals surface area (Å²) in [6.45, 7) is 1.89. The lowest BCUT2D eigenvalue weighted by atomic mass is 10.0. The van der Waals surface area contributed by atoms with Crippen LogP contribution in [-0.2, 0) is 9.53 Å². The molecule has 0 amide bonds. The van der Waals surface area contributed by atoms with E-state index in [1.165, 1.54) is 6.08 Å². The van der Waals surface area contributed by atoms with Crippen LogP contribution >= 0.6 is 0 Å². The Labute approximate surface area is 134 Å². The highest BCUT2D eigenvalue weighted by Gasteiger charge is 2.11. The summed E-state index contributed by atoms with van der Waals surface area (Å²) in [4.78, 5) is 23.9. The van der Waals surface area contributed by atoms with Gasteiger partial charge in [0.05, 0.1) is 6.61 Å². The molecule has 0 aromatic heterocycles. The molecule has 0 aliphatic carbocycles. The van der Waals surface area contributed by atoms with Crippen molar-refractivity contribution >= 4 is 17.8 Å². The summed E-state index contributed by atoms with van der Waals surface area (Å²) in [5.74, 6) is -0.730. The Kier molecular flexibility index (Phi) is 5.43. The second-order valence-electron chi connectivity index (χ2n) is 4.71. The summed E-state index contributed by atoms with van der Waals surface area (Å²) < 4.78 is 4.80. The molecule has 0 unspecified atom stereocenters. The molecule has 2 aromatic rings. The number of nitriles is 1. The maximum Gasteiger partial charge on any atom is 0.348 e. The van der Waals surface area contributed by atoms with Crippen LogP contribution in [0.3, 0.4) is 0 Å². The normalized spacial score (nSPS) is 10.7. The summed E-state index contributed by atoms with van der Waals surface area (Å²) >= 11 is 0. The highest BCUT2D eigenvalue weighted by Crippen LogP contribution is 2.13. The number of nitrogens with zero attached hydrogens (tertiary/aromatic N) is 1. The monoisotopic (exact) mass is 305 g/mol. The molecule has 0 fully saturated rings. The molecule has 0 spiro atoms. The number of ether oxygens (including phenoxy) is 1. The fraction of sp³-hybridized carbons (Fsp3) is 0.105. The zero-order valence-corrected chi connectivity index (χ0v) is 12.7. The van der Waals surface area contributed by atoms with E-state index in [-0.39, 0.29) is 18.0 Å². The molecule has 0 aliphatic heterocycles. The van der Waals surface area contributed by atoms with Crippen LogP contribution in [0.25, 0.3) is 6.08 Å². The van der Waals surface area contributed by atoms with E-state index in [1.54, 1.807) is 43.3 Å². The standard InChI is InChI=1S/C19H15NO3/c1-2-23-19(22)17(13-20)12-14-8-10-16(11-9-14)18(21)15-6-4-3-5-7-15/h3-12H,2H2,1H3/b17-12-. The number of ketones is 1. The van der Waals surface area contributed by atoms with Crippen molar-refractivity contribution in [2.45, 2.75) is 6.92 Å². The fourth-order valence-electron chi connectivity index (χ4n) is 2.00. The van der Waals surface area contributed by atoms with Gasteiger partial charge in [-0.05, 0) is 18.6 Å². The molecule has 114 valence electrons. The minimum Gasteiger partial charge on any atom is -0.462 e. The van der Waals surface area contributed by atoms with Gasteiger partial charge in [-0.25, -0.2) is 4.79 Å². The third-order valence-electron chi connectivity index (χ3n) is 3.14. The summed E-state index contributed by atoms with van der Waals surface area (Å²) in [6, 6.07) is 17.5. The van der Waals surface area contributed by atoms with Gasteiger partial charge in [-0.15, -0.1) is 0 Å². The van der Waals surface area contributed by atoms with Crippen LogP contribution in [0, 0.1) is 11.3 Å². The SMILES string of the molecule is CCOC(=O)/C(C#N)=C\c1ccc(C(=O)c2ccccc2)cc1. The Morgan fingerprint density at radius 1 is 1.04 bits per heavy atom. The summed E-state index contributed by atoms with van der Waals surface area (Å²) in [5, 5.41) is 9.00. The third-order valence-corrected chi connectivity index (χ3v) is 3.14. The molecule has 2 aromatic carbocycles. The molecule has 4 nitrogen and oxygen atoms in total. The third kappa shape index (κ3) is 4.14. The van der Waals surface area contributed by atoms with E-state index in [0.29, 0.717) is 16.7 Å². The zero-order chi connectivity index (χ0) is 16.7. The van der Waals surface area contributed by atoms with Gasteiger partial charge in [0.15, 0.2) is 5.78 Å². The average Bonchev–Trinajstić information content (AvgIpc) is 2.60. The van der Waals surface area contributed by atoms with Gasteiger partial charge in [0.1, 0.15) is 11.6 Å². The van der Waals surface area contributed by atoms with Gasteiger partial charge in [0.25, 0.3) is 0 Å². The van der Waals surface area contributed by atoms with E-state index in [1.807, 2.05) is 24.3 Å². The first kappa shape index (κ1) is 16.2. The Bertz CT molecular complexity index is 769. The maximum atomic E-state index is 12.3. The molecule has 4 heteroatoms. The molecule has 0 bridgehead atoms. The van der Waals surface area contributed by atoms with Crippen LogP contribution in [0.5, 0.6) is 0 Å². The highest BCUT2D eigenvalue weighted by molar-refractivity contribution is 6.09. The Hall–Kier alpha value is -3.19. The number of carbonyl (C=O) groups excluding carboxylic acids is 2. The van der Waals surface area contributed by atoms with Gasteiger partial charge in [0.2, 0.25) is 0 Å². The van der Waals surface area contributed by atoms with Gasteiger partial charge >= 0.3 is 5.97 Å². The van der Waals surface area contributed by atoms with Gasteiger partial charge < -0.3 is 4.74 Å². The second-order valence-corrected chi connectivity index (χ2v) is 4.71. The minimum atomic E-state index is -0.653. The van der Waals surface area contributed by atoms with Crippen LogP contribution < -0.4 is 0 Å². The number of hydrogen-bond donors (Lipinski definition) is 0. The molecule has 0 saturated carbocycles. The van der Waals surface area contributed by atoms with E-state index < -0.39 is 5.97 Å². The summed E-state index contributed by atoms with van der Waals surface area (Å²) in [6.07, 6.45) is 1.44. The average molecular weight is 305 g/mol. The number of benzene rings is 2. The second kappa shape index (κ2) is 7.71. The number of hydrogen-bond acceptors (Lipinski definition) is 4. The minimum absolute atomic E-state index is 0.0750. The highest BCUT2D eigenvalue weighted by atomic mass is 16.5. The van der Waals surface area contributed by atoms with Gasteiger partial charge in [-0.3, -0.25) is 4.79 Å². The van der Waals surface area contributed by atoms with Gasteiger partial charge in [-0.2, -0.15) is 5.26 Å². The van der Waals surface area contributed by atoms with Crippen molar-refractivity contribution in [1.82, 2.24) is 0 Å². The largest absolute Gasteiger partial charge is 0.462 e. The van der Waals surface area contributed by atoms with Crippen molar-refractivity contribution in [3.63, 3.8) is 0 Å². The molecule has 0 atom stereocenters. The van der Waals surface area contributed by atoms with Crippen molar-refractivity contribution in [1.29, 1.82) is 5.26 Å².